The zero-order valence-electron chi connectivity index (χ0n) is 13.5. The number of carbonyl (C=O) groups is 1. The quantitative estimate of drug-likeness (QED) is 0.808. The van der Waals surface area contributed by atoms with Crippen LogP contribution in [0.2, 0.25) is 0 Å². The average Bonchev–Trinajstić information content (AvgIpc) is 3.12. The number of hydrogen-bond donors (Lipinski definition) is 0. The fourth-order valence-corrected chi connectivity index (χ4v) is 3.90. The van der Waals surface area contributed by atoms with Crippen LogP contribution in [0.5, 0.6) is 11.5 Å². The second-order valence-electron chi connectivity index (χ2n) is 5.84. The molecule has 126 valence electrons. The number of benzene rings is 2. The third-order valence-electron chi connectivity index (χ3n) is 4.00. The molecule has 1 aliphatic heterocycles. The van der Waals surface area contributed by atoms with Crippen molar-refractivity contribution in [3.63, 3.8) is 0 Å². The number of ether oxygens (including phenoxy) is 1. The number of rotatable bonds is 6. The first-order valence-corrected chi connectivity index (χ1v) is 9.65. The van der Waals surface area contributed by atoms with E-state index >= 15 is 0 Å². The van der Waals surface area contributed by atoms with E-state index < -0.39 is 10.8 Å². The molecule has 1 aliphatic rings. The predicted octanol–water partition coefficient (Wildman–Crippen LogP) is 3.35. The van der Waals surface area contributed by atoms with Gasteiger partial charge in [0.05, 0.1) is 5.75 Å². The number of amides is 1. The maximum atomic E-state index is 12.4. The second kappa shape index (κ2) is 8.11. The largest absolute Gasteiger partial charge is 0.457 e. The van der Waals surface area contributed by atoms with Gasteiger partial charge in [-0.3, -0.25) is 9.00 Å². The van der Waals surface area contributed by atoms with Crippen LogP contribution >= 0.6 is 0 Å². The third-order valence-corrected chi connectivity index (χ3v) is 5.21. The summed E-state index contributed by atoms with van der Waals surface area (Å²) in [4.78, 5) is 13.9. The van der Waals surface area contributed by atoms with Crippen LogP contribution in [0, 0.1) is 0 Å². The Morgan fingerprint density at radius 3 is 2.42 bits per heavy atom. The van der Waals surface area contributed by atoms with Gasteiger partial charge < -0.3 is 9.64 Å². The molecule has 0 aliphatic carbocycles. The maximum Gasteiger partial charge on any atom is 0.235 e. The zero-order valence-corrected chi connectivity index (χ0v) is 14.3. The van der Waals surface area contributed by atoms with Crippen molar-refractivity contribution in [1.29, 1.82) is 0 Å². The van der Waals surface area contributed by atoms with E-state index in [1.165, 1.54) is 0 Å². The summed E-state index contributed by atoms with van der Waals surface area (Å²) in [6, 6.07) is 17.0. The molecule has 0 aromatic heterocycles. The average molecular weight is 343 g/mol. The van der Waals surface area contributed by atoms with Crippen LogP contribution in [-0.4, -0.2) is 33.9 Å². The molecule has 2 aromatic rings. The van der Waals surface area contributed by atoms with E-state index in [1.807, 2.05) is 59.5 Å². The Kier molecular flexibility index (Phi) is 5.64. The lowest BCUT2D eigenvalue weighted by Crippen LogP contribution is -2.32. The molecular formula is C19H21NO3S. The smallest absolute Gasteiger partial charge is 0.235 e. The SMILES string of the molecule is O=C(CS(=O)Cc1ccccc1Oc1ccccc1)N1CCCC1. The van der Waals surface area contributed by atoms with Crippen molar-refractivity contribution >= 4 is 16.7 Å². The Morgan fingerprint density at radius 1 is 1.00 bits per heavy atom. The molecule has 1 saturated heterocycles. The van der Waals surface area contributed by atoms with Crippen LogP contribution < -0.4 is 4.74 Å². The number of nitrogens with zero attached hydrogens (tertiary/aromatic N) is 1. The lowest BCUT2D eigenvalue weighted by Gasteiger charge is -2.15. The standard InChI is InChI=1S/C19H21NO3S/c21-19(20-12-6-7-13-20)15-24(22)14-16-8-4-5-11-18(16)23-17-9-2-1-3-10-17/h1-5,8-11H,6-7,12-15H2. The van der Waals surface area contributed by atoms with Gasteiger partial charge in [-0.1, -0.05) is 36.4 Å². The highest BCUT2D eigenvalue weighted by atomic mass is 32.2. The van der Waals surface area contributed by atoms with Gasteiger partial charge >= 0.3 is 0 Å². The fourth-order valence-electron chi connectivity index (χ4n) is 2.76. The Balaban J connectivity index is 1.64. The lowest BCUT2D eigenvalue weighted by molar-refractivity contribution is -0.127. The summed E-state index contributed by atoms with van der Waals surface area (Å²) in [5.74, 6) is 1.82. The number of hydrogen-bond acceptors (Lipinski definition) is 3. The van der Waals surface area contributed by atoms with E-state index in [1.54, 1.807) is 0 Å². The van der Waals surface area contributed by atoms with Crippen LogP contribution in [0.3, 0.4) is 0 Å². The van der Waals surface area contributed by atoms with E-state index in [9.17, 15) is 9.00 Å². The van der Waals surface area contributed by atoms with Gasteiger partial charge in [-0.25, -0.2) is 0 Å². The van der Waals surface area contributed by atoms with E-state index in [4.69, 9.17) is 4.74 Å². The molecule has 1 unspecified atom stereocenters. The molecule has 1 heterocycles. The molecule has 1 amide bonds. The monoisotopic (exact) mass is 343 g/mol. The van der Waals surface area contributed by atoms with Crippen molar-refractivity contribution in [2.45, 2.75) is 18.6 Å². The summed E-state index contributed by atoms with van der Waals surface area (Å²) in [6.07, 6.45) is 2.10. The Labute approximate surface area is 144 Å². The summed E-state index contributed by atoms with van der Waals surface area (Å²) in [7, 11) is -1.24. The minimum Gasteiger partial charge on any atom is -0.457 e. The molecule has 1 atom stereocenters. The minimum atomic E-state index is -1.24. The number of carbonyl (C=O) groups excluding carboxylic acids is 1. The van der Waals surface area contributed by atoms with Crippen LogP contribution in [0.25, 0.3) is 0 Å². The van der Waals surface area contributed by atoms with Crippen LogP contribution in [0.4, 0.5) is 0 Å². The highest BCUT2D eigenvalue weighted by molar-refractivity contribution is 7.84. The lowest BCUT2D eigenvalue weighted by atomic mass is 10.2. The van der Waals surface area contributed by atoms with Gasteiger partial charge in [0.1, 0.15) is 17.3 Å². The molecule has 24 heavy (non-hydrogen) atoms. The molecule has 0 N–H and O–H groups in total. The van der Waals surface area contributed by atoms with Gasteiger partial charge in [0.15, 0.2) is 0 Å². The first-order valence-electron chi connectivity index (χ1n) is 8.16. The number of para-hydroxylation sites is 2. The third kappa shape index (κ3) is 4.45. The van der Waals surface area contributed by atoms with Gasteiger partial charge in [0.2, 0.25) is 5.91 Å². The second-order valence-corrected chi connectivity index (χ2v) is 7.30. The van der Waals surface area contributed by atoms with Crippen molar-refractivity contribution < 1.29 is 13.7 Å². The first kappa shape index (κ1) is 16.7. The number of likely N-dealkylation sites (tertiary alicyclic amines) is 1. The van der Waals surface area contributed by atoms with Crippen molar-refractivity contribution in [3.8, 4) is 11.5 Å². The predicted molar refractivity (Wildman–Crippen MR) is 95.5 cm³/mol. The highest BCUT2D eigenvalue weighted by Gasteiger charge is 2.20. The highest BCUT2D eigenvalue weighted by Crippen LogP contribution is 2.26. The Hall–Kier alpha value is -2.14. The fraction of sp³-hybridized carbons (Fsp3) is 0.316. The molecule has 2 aromatic carbocycles. The van der Waals surface area contributed by atoms with Crippen molar-refractivity contribution in [3.05, 3.63) is 60.2 Å². The molecule has 0 radical (unpaired) electrons. The Morgan fingerprint density at radius 2 is 1.67 bits per heavy atom. The summed E-state index contributed by atoms with van der Waals surface area (Å²) >= 11 is 0. The summed E-state index contributed by atoms with van der Waals surface area (Å²) in [6.45, 7) is 1.59. The molecule has 4 nitrogen and oxygen atoms in total. The zero-order chi connectivity index (χ0) is 16.8. The molecule has 0 saturated carbocycles. The molecule has 1 fully saturated rings. The Bertz CT molecular complexity index is 712. The molecule has 5 heteroatoms. The molecule has 0 bridgehead atoms. The topological polar surface area (TPSA) is 46.6 Å². The van der Waals surface area contributed by atoms with Gasteiger partial charge in [-0.15, -0.1) is 0 Å². The van der Waals surface area contributed by atoms with Gasteiger partial charge in [0.25, 0.3) is 0 Å². The normalized spacial score (nSPS) is 15.2. The molecular weight excluding hydrogens is 322 g/mol. The van der Waals surface area contributed by atoms with Crippen molar-refractivity contribution in [2.24, 2.45) is 0 Å². The van der Waals surface area contributed by atoms with E-state index in [0.29, 0.717) is 11.5 Å². The van der Waals surface area contributed by atoms with Crippen LogP contribution in [-0.2, 0) is 21.3 Å². The minimum absolute atomic E-state index is 0.00714. The maximum absolute atomic E-state index is 12.4. The summed E-state index contributed by atoms with van der Waals surface area (Å²) < 4.78 is 18.3. The first-order chi connectivity index (χ1) is 11.7. The van der Waals surface area contributed by atoms with E-state index in [-0.39, 0.29) is 11.7 Å². The van der Waals surface area contributed by atoms with Crippen molar-refractivity contribution in [1.82, 2.24) is 4.90 Å². The van der Waals surface area contributed by atoms with Gasteiger partial charge in [0, 0.05) is 29.5 Å². The van der Waals surface area contributed by atoms with Crippen LogP contribution in [0.15, 0.2) is 54.6 Å². The summed E-state index contributed by atoms with van der Waals surface area (Å²) in [5.41, 5.74) is 0.855. The van der Waals surface area contributed by atoms with Gasteiger partial charge in [-0.2, -0.15) is 0 Å². The van der Waals surface area contributed by atoms with Crippen LogP contribution in [0.1, 0.15) is 18.4 Å². The summed E-state index contributed by atoms with van der Waals surface area (Å²) in [5, 5.41) is 0. The molecule has 0 spiro atoms. The molecule has 3 rings (SSSR count). The van der Waals surface area contributed by atoms with E-state index in [0.717, 1.165) is 37.2 Å². The van der Waals surface area contributed by atoms with Crippen molar-refractivity contribution in [2.75, 3.05) is 18.8 Å². The van der Waals surface area contributed by atoms with E-state index in [2.05, 4.69) is 0 Å². The van der Waals surface area contributed by atoms with Gasteiger partial charge in [-0.05, 0) is 31.0 Å².